The molecule has 0 fully saturated rings. The predicted molar refractivity (Wildman–Crippen MR) is 77.3 cm³/mol. The van der Waals surface area contributed by atoms with Gasteiger partial charge in [-0.05, 0) is 32.4 Å². The summed E-state index contributed by atoms with van der Waals surface area (Å²) in [7, 11) is 0. The molecule has 5 heteroatoms. The molecule has 0 aliphatic carbocycles. The summed E-state index contributed by atoms with van der Waals surface area (Å²) < 4.78 is 4.98. The van der Waals surface area contributed by atoms with E-state index in [1.165, 1.54) is 6.26 Å². The summed E-state index contributed by atoms with van der Waals surface area (Å²) in [5.74, 6) is 0.119. The Morgan fingerprint density at radius 1 is 1.45 bits per heavy atom. The maximum absolute atomic E-state index is 11.9. The van der Waals surface area contributed by atoms with Crippen LogP contribution in [0.5, 0.6) is 0 Å². The van der Waals surface area contributed by atoms with E-state index in [2.05, 4.69) is 11.9 Å². The van der Waals surface area contributed by atoms with Crippen molar-refractivity contribution in [3.63, 3.8) is 0 Å². The fourth-order valence-corrected chi connectivity index (χ4v) is 1.80. The van der Waals surface area contributed by atoms with Gasteiger partial charge in [0.2, 0.25) is 5.91 Å². The lowest BCUT2D eigenvalue weighted by Crippen LogP contribution is -2.33. The van der Waals surface area contributed by atoms with E-state index < -0.39 is 0 Å². The van der Waals surface area contributed by atoms with Crippen molar-refractivity contribution in [2.45, 2.75) is 26.7 Å². The Balaban J connectivity index is 2.24. The molecule has 0 aliphatic rings. The topological polar surface area (TPSA) is 62.6 Å². The van der Waals surface area contributed by atoms with E-state index in [4.69, 9.17) is 4.42 Å². The van der Waals surface area contributed by atoms with Crippen LogP contribution in [-0.2, 0) is 4.79 Å². The van der Waals surface area contributed by atoms with Crippen LogP contribution >= 0.6 is 0 Å². The van der Waals surface area contributed by atoms with E-state index in [-0.39, 0.29) is 17.6 Å². The van der Waals surface area contributed by atoms with E-state index in [0.29, 0.717) is 32.5 Å². The van der Waals surface area contributed by atoms with Crippen molar-refractivity contribution < 1.29 is 14.0 Å². The molecule has 110 valence electrons. The minimum atomic E-state index is -0.253. The molecular formula is C15H22N2O3. The number of carbonyl (C=O) groups is 2. The Labute approximate surface area is 119 Å². The number of likely N-dealkylation sites (N-methyl/N-ethyl adjacent to an activating group) is 1. The SMILES string of the molecule is C=C(C)CN(CC)C(=O)CCCNC(=O)c1ccco1. The lowest BCUT2D eigenvalue weighted by atomic mass is 10.2. The number of hydrogen-bond donors (Lipinski definition) is 1. The quantitative estimate of drug-likeness (QED) is 0.586. The second kappa shape index (κ2) is 8.19. The highest BCUT2D eigenvalue weighted by Gasteiger charge is 2.12. The van der Waals surface area contributed by atoms with Crippen LogP contribution in [0.25, 0.3) is 0 Å². The van der Waals surface area contributed by atoms with Crippen LogP contribution in [0.1, 0.15) is 37.2 Å². The highest BCUT2D eigenvalue weighted by molar-refractivity contribution is 5.91. The summed E-state index contributed by atoms with van der Waals surface area (Å²) in [6.07, 6.45) is 2.48. The van der Waals surface area contributed by atoms with Crippen LogP contribution in [0.3, 0.4) is 0 Å². The van der Waals surface area contributed by atoms with Gasteiger partial charge in [0.15, 0.2) is 5.76 Å². The lowest BCUT2D eigenvalue weighted by molar-refractivity contribution is -0.130. The number of hydrogen-bond acceptors (Lipinski definition) is 3. The van der Waals surface area contributed by atoms with E-state index in [1.807, 2.05) is 13.8 Å². The molecule has 0 spiro atoms. The van der Waals surface area contributed by atoms with Gasteiger partial charge in [0.25, 0.3) is 5.91 Å². The van der Waals surface area contributed by atoms with Gasteiger partial charge < -0.3 is 14.6 Å². The average Bonchev–Trinajstić information content (AvgIpc) is 2.94. The Morgan fingerprint density at radius 2 is 2.20 bits per heavy atom. The van der Waals surface area contributed by atoms with Crippen LogP contribution in [-0.4, -0.2) is 36.3 Å². The normalized spacial score (nSPS) is 10.1. The maximum atomic E-state index is 11.9. The third-order valence-electron chi connectivity index (χ3n) is 2.79. The van der Waals surface area contributed by atoms with Gasteiger partial charge in [-0.1, -0.05) is 12.2 Å². The molecular weight excluding hydrogens is 256 g/mol. The summed E-state index contributed by atoms with van der Waals surface area (Å²) in [4.78, 5) is 25.3. The van der Waals surface area contributed by atoms with Crippen molar-refractivity contribution in [1.82, 2.24) is 10.2 Å². The zero-order valence-electron chi connectivity index (χ0n) is 12.1. The van der Waals surface area contributed by atoms with Gasteiger partial charge in [-0.3, -0.25) is 9.59 Å². The highest BCUT2D eigenvalue weighted by atomic mass is 16.3. The largest absolute Gasteiger partial charge is 0.459 e. The van der Waals surface area contributed by atoms with Crippen molar-refractivity contribution in [3.05, 3.63) is 36.3 Å². The van der Waals surface area contributed by atoms with Crippen LogP contribution in [0.4, 0.5) is 0 Å². The van der Waals surface area contributed by atoms with Gasteiger partial charge in [0.05, 0.1) is 6.26 Å². The number of furan rings is 1. The molecule has 0 atom stereocenters. The molecule has 1 rings (SSSR count). The predicted octanol–water partition coefficient (Wildman–Crippen LogP) is 2.21. The second-order valence-electron chi connectivity index (χ2n) is 4.70. The zero-order valence-corrected chi connectivity index (χ0v) is 12.1. The van der Waals surface area contributed by atoms with Crippen LogP contribution < -0.4 is 5.32 Å². The summed E-state index contributed by atoms with van der Waals surface area (Å²) in [6, 6.07) is 3.27. The monoisotopic (exact) mass is 278 g/mol. The molecule has 0 unspecified atom stereocenters. The number of carbonyl (C=O) groups excluding carboxylic acids is 2. The first-order valence-electron chi connectivity index (χ1n) is 6.78. The number of amides is 2. The van der Waals surface area contributed by atoms with Crippen LogP contribution in [0.15, 0.2) is 35.0 Å². The van der Waals surface area contributed by atoms with Gasteiger partial charge in [-0.2, -0.15) is 0 Å². The van der Waals surface area contributed by atoms with Crippen LogP contribution in [0.2, 0.25) is 0 Å². The number of rotatable bonds is 8. The third kappa shape index (κ3) is 5.30. The first-order valence-corrected chi connectivity index (χ1v) is 6.78. The van der Waals surface area contributed by atoms with E-state index >= 15 is 0 Å². The van der Waals surface area contributed by atoms with E-state index in [1.54, 1.807) is 17.0 Å². The molecule has 1 heterocycles. The van der Waals surface area contributed by atoms with Gasteiger partial charge in [0, 0.05) is 26.1 Å². The van der Waals surface area contributed by atoms with Gasteiger partial charge in [-0.15, -0.1) is 0 Å². The summed E-state index contributed by atoms with van der Waals surface area (Å²) >= 11 is 0. The standard InChI is InChI=1S/C15H22N2O3/c1-4-17(11-12(2)3)14(18)8-5-9-16-15(19)13-7-6-10-20-13/h6-7,10H,2,4-5,8-9,11H2,1,3H3,(H,16,19). The fourth-order valence-electron chi connectivity index (χ4n) is 1.80. The highest BCUT2D eigenvalue weighted by Crippen LogP contribution is 2.02. The number of nitrogens with zero attached hydrogens (tertiary/aromatic N) is 1. The van der Waals surface area contributed by atoms with Crippen molar-refractivity contribution in [1.29, 1.82) is 0 Å². The van der Waals surface area contributed by atoms with E-state index in [9.17, 15) is 9.59 Å². The fraction of sp³-hybridized carbons (Fsp3) is 0.467. The summed E-state index contributed by atoms with van der Waals surface area (Å²) in [6.45, 7) is 9.38. The first-order chi connectivity index (χ1) is 9.54. The number of nitrogens with one attached hydrogen (secondary N) is 1. The Hall–Kier alpha value is -2.04. The summed E-state index contributed by atoms with van der Waals surface area (Å²) in [5, 5.41) is 2.72. The Morgan fingerprint density at radius 3 is 2.75 bits per heavy atom. The first kappa shape index (κ1) is 16.0. The minimum Gasteiger partial charge on any atom is -0.459 e. The van der Waals surface area contributed by atoms with Crippen molar-refractivity contribution in [2.24, 2.45) is 0 Å². The molecule has 5 nitrogen and oxygen atoms in total. The molecule has 0 saturated carbocycles. The molecule has 20 heavy (non-hydrogen) atoms. The second-order valence-corrected chi connectivity index (χ2v) is 4.70. The van der Waals surface area contributed by atoms with Gasteiger partial charge in [-0.25, -0.2) is 0 Å². The maximum Gasteiger partial charge on any atom is 0.286 e. The van der Waals surface area contributed by atoms with Crippen LogP contribution in [0, 0.1) is 0 Å². The molecule has 1 N–H and O–H groups in total. The lowest BCUT2D eigenvalue weighted by Gasteiger charge is -2.20. The Kier molecular flexibility index (Phi) is 6.56. The molecule has 1 aromatic heterocycles. The average molecular weight is 278 g/mol. The molecule has 0 saturated heterocycles. The molecule has 0 aliphatic heterocycles. The Bertz CT molecular complexity index is 452. The zero-order chi connectivity index (χ0) is 15.0. The minimum absolute atomic E-state index is 0.0859. The smallest absolute Gasteiger partial charge is 0.286 e. The van der Waals surface area contributed by atoms with Crippen molar-refractivity contribution >= 4 is 11.8 Å². The van der Waals surface area contributed by atoms with Crippen molar-refractivity contribution in [3.8, 4) is 0 Å². The van der Waals surface area contributed by atoms with Crippen molar-refractivity contribution in [2.75, 3.05) is 19.6 Å². The third-order valence-corrected chi connectivity index (χ3v) is 2.79. The van der Waals surface area contributed by atoms with E-state index in [0.717, 1.165) is 5.57 Å². The molecule has 1 aromatic rings. The van der Waals surface area contributed by atoms with Gasteiger partial charge >= 0.3 is 0 Å². The summed E-state index contributed by atoms with van der Waals surface area (Å²) in [5.41, 5.74) is 0.964. The van der Waals surface area contributed by atoms with Gasteiger partial charge in [0.1, 0.15) is 0 Å². The molecule has 0 aromatic carbocycles. The molecule has 0 bridgehead atoms. The molecule has 0 radical (unpaired) electrons. The molecule has 2 amide bonds.